The lowest BCUT2D eigenvalue weighted by Crippen LogP contribution is -2.54. The van der Waals surface area contributed by atoms with Crippen LogP contribution in [0.25, 0.3) is 0 Å². The summed E-state index contributed by atoms with van der Waals surface area (Å²) in [6.45, 7) is 3.91. The second-order valence-electron chi connectivity index (χ2n) is 5.83. The molecule has 0 saturated heterocycles. The first-order valence-electron chi connectivity index (χ1n) is 7.80. The standard InChI is InChI=1S/C17H18N4O3/c1-3-10(2)15-16(23)20-12-9-18-7-6-13(12)21(15)17(24)11-4-5-14(22)19-8-11/h4-10,15H,3H2,1-2H3,(H,19,22)(H,20,23)/t10-,15-/m0/s1. The summed E-state index contributed by atoms with van der Waals surface area (Å²) in [6.07, 6.45) is 5.21. The van der Waals surface area contributed by atoms with Crippen LogP contribution >= 0.6 is 0 Å². The van der Waals surface area contributed by atoms with E-state index in [4.69, 9.17) is 0 Å². The van der Waals surface area contributed by atoms with E-state index in [-0.39, 0.29) is 23.3 Å². The highest BCUT2D eigenvalue weighted by molar-refractivity contribution is 6.16. The maximum atomic E-state index is 13.1. The summed E-state index contributed by atoms with van der Waals surface area (Å²) in [5.41, 5.74) is 1.14. The first-order chi connectivity index (χ1) is 11.5. The Balaban J connectivity index is 2.11. The van der Waals surface area contributed by atoms with E-state index in [0.29, 0.717) is 16.9 Å². The minimum Gasteiger partial charge on any atom is -0.328 e. The fourth-order valence-corrected chi connectivity index (χ4v) is 2.82. The van der Waals surface area contributed by atoms with Gasteiger partial charge in [0.1, 0.15) is 6.04 Å². The Bertz CT molecular complexity index is 825. The number of anilines is 2. The molecule has 2 aromatic heterocycles. The predicted molar refractivity (Wildman–Crippen MR) is 90.0 cm³/mol. The van der Waals surface area contributed by atoms with Gasteiger partial charge in [-0.05, 0) is 18.1 Å². The van der Waals surface area contributed by atoms with Crippen molar-refractivity contribution < 1.29 is 9.59 Å². The molecule has 1 aliphatic rings. The Morgan fingerprint density at radius 1 is 1.33 bits per heavy atom. The number of pyridine rings is 2. The molecule has 1 aliphatic heterocycles. The molecule has 7 heteroatoms. The van der Waals surface area contributed by atoms with Crippen LogP contribution in [0.2, 0.25) is 0 Å². The molecule has 2 N–H and O–H groups in total. The molecule has 0 saturated carbocycles. The van der Waals surface area contributed by atoms with E-state index >= 15 is 0 Å². The zero-order valence-electron chi connectivity index (χ0n) is 13.4. The van der Waals surface area contributed by atoms with E-state index < -0.39 is 6.04 Å². The van der Waals surface area contributed by atoms with Gasteiger partial charge >= 0.3 is 0 Å². The highest BCUT2D eigenvalue weighted by Crippen LogP contribution is 2.35. The van der Waals surface area contributed by atoms with E-state index in [1.165, 1.54) is 29.4 Å². The molecule has 2 aromatic rings. The average Bonchev–Trinajstić information content (AvgIpc) is 2.60. The molecule has 3 rings (SSSR count). The fourth-order valence-electron chi connectivity index (χ4n) is 2.82. The molecule has 0 bridgehead atoms. The Morgan fingerprint density at radius 2 is 2.12 bits per heavy atom. The van der Waals surface area contributed by atoms with Gasteiger partial charge in [-0.25, -0.2) is 0 Å². The topological polar surface area (TPSA) is 95.2 Å². The van der Waals surface area contributed by atoms with Crippen LogP contribution in [0.15, 0.2) is 41.6 Å². The van der Waals surface area contributed by atoms with Crippen LogP contribution in [0.4, 0.5) is 11.4 Å². The number of fused-ring (bicyclic) bond motifs is 1. The van der Waals surface area contributed by atoms with E-state index in [9.17, 15) is 14.4 Å². The zero-order chi connectivity index (χ0) is 17.3. The van der Waals surface area contributed by atoms with Gasteiger partial charge in [-0.15, -0.1) is 0 Å². The Morgan fingerprint density at radius 3 is 2.79 bits per heavy atom. The highest BCUT2D eigenvalue weighted by atomic mass is 16.2. The molecule has 0 unspecified atom stereocenters. The summed E-state index contributed by atoms with van der Waals surface area (Å²) in [4.78, 5) is 44.9. The van der Waals surface area contributed by atoms with Crippen LogP contribution in [0.5, 0.6) is 0 Å². The summed E-state index contributed by atoms with van der Waals surface area (Å²) < 4.78 is 0. The van der Waals surface area contributed by atoms with Gasteiger partial charge in [0.15, 0.2) is 0 Å². The Hall–Kier alpha value is -2.96. The molecule has 24 heavy (non-hydrogen) atoms. The van der Waals surface area contributed by atoms with Gasteiger partial charge in [-0.2, -0.15) is 0 Å². The third-order valence-corrected chi connectivity index (χ3v) is 4.30. The van der Waals surface area contributed by atoms with Crippen molar-refractivity contribution in [2.24, 2.45) is 5.92 Å². The number of carbonyl (C=O) groups is 2. The molecule has 7 nitrogen and oxygen atoms in total. The normalized spacial score (nSPS) is 17.8. The van der Waals surface area contributed by atoms with Crippen molar-refractivity contribution in [3.8, 4) is 0 Å². The summed E-state index contributed by atoms with van der Waals surface area (Å²) in [5.74, 6) is -0.598. The van der Waals surface area contributed by atoms with Gasteiger partial charge < -0.3 is 10.3 Å². The largest absolute Gasteiger partial charge is 0.328 e. The van der Waals surface area contributed by atoms with Gasteiger partial charge in [0.05, 0.1) is 23.1 Å². The van der Waals surface area contributed by atoms with Gasteiger partial charge in [0, 0.05) is 18.5 Å². The molecule has 0 aliphatic carbocycles. The maximum Gasteiger partial charge on any atom is 0.260 e. The number of carbonyl (C=O) groups excluding carboxylic acids is 2. The minimum atomic E-state index is -0.621. The Labute approximate surface area is 138 Å². The molecular weight excluding hydrogens is 308 g/mol. The molecular formula is C17H18N4O3. The molecule has 2 atom stereocenters. The van der Waals surface area contributed by atoms with Crippen molar-refractivity contribution in [3.63, 3.8) is 0 Å². The molecule has 0 fully saturated rings. The predicted octanol–water partition coefficient (Wildman–Crippen LogP) is 1.78. The van der Waals surface area contributed by atoms with Crippen LogP contribution in [-0.2, 0) is 4.79 Å². The number of H-pyrrole nitrogens is 1. The third-order valence-electron chi connectivity index (χ3n) is 4.30. The number of nitrogens with one attached hydrogen (secondary N) is 2. The number of aromatic amines is 1. The number of amides is 2. The zero-order valence-corrected chi connectivity index (χ0v) is 13.4. The van der Waals surface area contributed by atoms with Crippen molar-refractivity contribution in [1.29, 1.82) is 0 Å². The summed E-state index contributed by atoms with van der Waals surface area (Å²) >= 11 is 0. The smallest absolute Gasteiger partial charge is 0.260 e. The van der Waals surface area contributed by atoms with Crippen molar-refractivity contribution in [1.82, 2.24) is 9.97 Å². The molecule has 3 heterocycles. The SMILES string of the molecule is CC[C@H](C)[C@H]1C(=O)Nc2cnccc2N1C(=O)c1ccc(=O)[nH]c1. The first kappa shape index (κ1) is 15.9. The van der Waals surface area contributed by atoms with Gasteiger partial charge in [-0.3, -0.25) is 24.3 Å². The molecule has 0 spiro atoms. The first-order valence-corrected chi connectivity index (χ1v) is 7.80. The van der Waals surface area contributed by atoms with Crippen LogP contribution in [0.3, 0.4) is 0 Å². The lowest BCUT2D eigenvalue weighted by molar-refractivity contribution is -0.118. The monoisotopic (exact) mass is 326 g/mol. The third kappa shape index (κ3) is 2.68. The Kier molecular flexibility index (Phi) is 4.16. The minimum absolute atomic E-state index is 0.0296. The van der Waals surface area contributed by atoms with E-state index in [1.54, 1.807) is 12.3 Å². The van der Waals surface area contributed by atoms with Crippen molar-refractivity contribution in [3.05, 3.63) is 52.7 Å². The lowest BCUT2D eigenvalue weighted by Gasteiger charge is -2.39. The second-order valence-corrected chi connectivity index (χ2v) is 5.83. The van der Waals surface area contributed by atoms with Gasteiger partial charge in [-0.1, -0.05) is 20.3 Å². The fraction of sp³-hybridized carbons (Fsp3) is 0.294. The quantitative estimate of drug-likeness (QED) is 0.899. The summed E-state index contributed by atoms with van der Waals surface area (Å²) in [6, 6.07) is 3.84. The highest BCUT2D eigenvalue weighted by Gasteiger charge is 2.40. The van der Waals surface area contributed by atoms with Crippen LogP contribution < -0.4 is 15.8 Å². The molecule has 0 aromatic carbocycles. The van der Waals surface area contributed by atoms with E-state index in [1.807, 2.05) is 13.8 Å². The van der Waals surface area contributed by atoms with Gasteiger partial charge in [0.2, 0.25) is 11.5 Å². The molecule has 124 valence electrons. The number of hydrogen-bond acceptors (Lipinski definition) is 4. The second kappa shape index (κ2) is 6.27. The summed E-state index contributed by atoms with van der Waals surface area (Å²) in [7, 11) is 0. The molecule has 0 radical (unpaired) electrons. The average molecular weight is 326 g/mol. The number of nitrogens with zero attached hydrogens (tertiary/aromatic N) is 2. The maximum absolute atomic E-state index is 13.1. The van der Waals surface area contributed by atoms with E-state index in [0.717, 1.165) is 6.42 Å². The van der Waals surface area contributed by atoms with Gasteiger partial charge in [0.25, 0.3) is 5.91 Å². The summed E-state index contributed by atoms with van der Waals surface area (Å²) in [5, 5.41) is 2.82. The van der Waals surface area contributed by atoms with E-state index in [2.05, 4.69) is 15.3 Å². The number of rotatable bonds is 3. The van der Waals surface area contributed by atoms with Crippen LogP contribution in [0, 0.1) is 5.92 Å². The van der Waals surface area contributed by atoms with Crippen molar-refractivity contribution in [2.45, 2.75) is 26.3 Å². The molecule has 2 amide bonds. The lowest BCUT2D eigenvalue weighted by atomic mass is 9.93. The van der Waals surface area contributed by atoms with Crippen molar-refractivity contribution >= 4 is 23.2 Å². The van der Waals surface area contributed by atoms with Crippen LogP contribution in [-0.4, -0.2) is 27.8 Å². The number of aromatic nitrogens is 2. The van der Waals surface area contributed by atoms with Crippen LogP contribution in [0.1, 0.15) is 30.6 Å². The number of hydrogen-bond donors (Lipinski definition) is 2. The van der Waals surface area contributed by atoms with Crippen molar-refractivity contribution in [2.75, 3.05) is 10.2 Å².